The molecule has 4 aromatic rings. The quantitative estimate of drug-likeness (QED) is 0.232. The number of carbonyl (C=O) groups is 4. The summed E-state index contributed by atoms with van der Waals surface area (Å²) < 4.78 is 14.9. The van der Waals surface area contributed by atoms with Gasteiger partial charge in [0.1, 0.15) is 35.9 Å². The number of likely N-dealkylation sites (N-methyl/N-ethyl adjacent to an activating group) is 1. The Morgan fingerprint density at radius 3 is 2.41 bits per heavy atom. The van der Waals surface area contributed by atoms with Crippen molar-refractivity contribution in [3.05, 3.63) is 120 Å². The van der Waals surface area contributed by atoms with E-state index in [1.807, 2.05) is 67.6 Å². The van der Waals surface area contributed by atoms with Crippen molar-refractivity contribution >= 4 is 34.7 Å². The second-order valence-electron chi connectivity index (χ2n) is 14.4. The van der Waals surface area contributed by atoms with Gasteiger partial charge in [-0.15, -0.1) is 5.10 Å². The van der Waals surface area contributed by atoms with Gasteiger partial charge in [0.2, 0.25) is 11.8 Å². The van der Waals surface area contributed by atoms with Gasteiger partial charge < -0.3 is 29.3 Å². The van der Waals surface area contributed by atoms with Gasteiger partial charge in [0, 0.05) is 20.0 Å². The number of allylic oxidation sites excluding steroid dienone is 1. The maximum absolute atomic E-state index is 15.2. The zero-order chi connectivity index (χ0) is 37.6. The predicted octanol–water partition coefficient (Wildman–Crippen LogP) is 3.58. The van der Waals surface area contributed by atoms with Crippen LogP contribution in [0.2, 0.25) is 0 Å². The van der Waals surface area contributed by atoms with E-state index in [0.717, 1.165) is 5.52 Å². The fourth-order valence-electron chi connectivity index (χ4n) is 8.55. The molecule has 1 aromatic heterocycles. The van der Waals surface area contributed by atoms with E-state index in [1.54, 1.807) is 70.1 Å². The van der Waals surface area contributed by atoms with Crippen molar-refractivity contribution in [3.8, 4) is 0 Å². The highest BCUT2D eigenvalue weighted by molar-refractivity contribution is 5.99. The van der Waals surface area contributed by atoms with Crippen LogP contribution in [0.25, 0.3) is 11.0 Å². The van der Waals surface area contributed by atoms with E-state index >= 15 is 9.59 Å². The fourth-order valence-corrected chi connectivity index (χ4v) is 8.55. The lowest BCUT2D eigenvalue weighted by atomic mass is 9.77. The van der Waals surface area contributed by atoms with E-state index in [0.29, 0.717) is 23.1 Å². The van der Waals surface area contributed by atoms with Crippen molar-refractivity contribution in [3.63, 3.8) is 0 Å². The van der Waals surface area contributed by atoms with E-state index in [-0.39, 0.29) is 25.5 Å². The van der Waals surface area contributed by atoms with Gasteiger partial charge in [0.05, 0.1) is 36.2 Å². The van der Waals surface area contributed by atoms with Crippen LogP contribution in [-0.2, 0) is 35.3 Å². The largest absolute Gasteiger partial charge is 0.455 e. The fraction of sp³-hybridized carbons (Fsp3) is 0.366. The number of nitrogens with zero attached hydrogens (tertiary/aromatic N) is 6. The van der Waals surface area contributed by atoms with Crippen LogP contribution in [0, 0.1) is 11.8 Å². The number of fused-ring (bicyclic) bond motifs is 3. The molecule has 0 unspecified atom stereocenters. The minimum atomic E-state index is -1.60. The number of carbonyl (C=O) groups excluding carboxylic acids is 4. The first-order chi connectivity index (χ1) is 26.2. The van der Waals surface area contributed by atoms with Crippen LogP contribution in [0.1, 0.15) is 43.0 Å². The Kier molecular flexibility index (Phi) is 9.36. The standard InChI is InChI=1S/C41H42N6O7/c1-26-36(28-16-7-4-8-17-28)53-40(52)34-32(20-11-12-21-33(49)44(26)2)54-41-22-13-23-45(25-46-30-19-10-9-18-29(30)42-43-46)39(51)37(41)47(38(50)35(34)41)31(24-48)27-14-5-3-6-15-27/h3-11,13-20,22,26,31-32,34-37,48H,12,21,23-25H2,1-2H3/b20-11-/t26-,31-,32-,34+,35+,36+,37-,41+/m1/s1. The molecule has 4 aliphatic rings. The lowest BCUT2D eigenvalue weighted by molar-refractivity contribution is -0.164. The van der Waals surface area contributed by atoms with Gasteiger partial charge in [-0.1, -0.05) is 102 Å². The molecule has 1 spiro atoms. The molecule has 2 fully saturated rings. The number of aromatic nitrogens is 3. The van der Waals surface area contributed by atoms with E-state index in [9.17, 15) is 14.7 Å². The molecule has 8 rings (SSSR count). The molecule has 3 amide bonds. The van der Waals surface area contributed by atoms with Crippen LogP contribution >= 0.6 is 0 Å². The average molecular weight is 731 g/mol. The number of aliphatic hydroxyl groups excluding tert-OH is 1. The third-order valence-electron chi connectivity index (χ3n) is 11.4. The molecule has 54 heavy (non-hydrogen) atoms. The minimum absolute atomic E-state index is 0.0328. The molecule has 5 heterocycles. The molecule has 3 aromatic carbocycles. The zero-order valence-electron chi connectivity index (χ0n) is 30.0. The number of hydrogen-bond donors (Lipinski definition) is 1. The molecule has 0 radical (unpaired) electrons. The molecule has 0 bridgehead atoms. The van der Waals surface area contributed by atoms with Gasteiger partial charge in [-0.25, -0.2) is 4.68 Å². The molecule has 1 N–H and O–H groups in total. The summed E-state index contributed by atoms with van der Waals surface area (Å²) in [5.74, 6) is -4.05. The first-order valence-corrected chi connectivity index (χ1v) is 18.3. The van der Waals surface area contributed by atoms with Crippen molar-refractivity contribution in [1.82, 2.24) is 29.7 Å². The van der Waals surface area contributed by atoms with E-state index in [1.165, 1.54) is 4.90 Å². The summed E-state index contributed by atoms with van der Waals surface area (Å²) in [6.07, 6.45) is 5.83. The summed E-state index contributed by atoms with van der Waals surface area (Å²) in [6, 6.07) is 23.0. The highest BCUT2D eigenvalue weighted by atomic mass is 16.6. The van der Waals surface area contributed by atoms with Crippen molar-refractivity contribution < 1.29 is 33.8 Å². The summed E-state index contributed by atoms with van der Waals surface area (Å²) in [7, 11) is 1.69. The maximum Gasteiger partial charge on any atom is 0.313 e. The van der Waals surface area contributed by atoms with Crippen LogP contribution in [0.4, 0.5) is 0 Å². The van der Waals surface area contributed by atoms with Crippen molar-refractivity contribution in [2.45, 2.75) is 62.4 Å². The number of aliphatic hydroxyl groups is 1. The third-order valence-corrected chi connectivity index (χ3v) is 11.4. The number of para-hydroxylation sites is 1. The number of amides is 3. The summed E-state index contributed by atoms with van der Waals surface area (Å²) >= 11 is 0. The molecular formula is C41H42N6O7. The molecule has 278 valence electrons. The molecule has 4 aliphatic heterocycles. The van der Waals surface area contributed by atoms with E-state index in [4.69, 9.17) is 9.47 Å². The number of hydrogen-bond acceptors (Lipinski definition) is 9. The highest BCUT2D eigenvalue weighted by Gasteiger charge is 2.72. The van der Waals surface area contributed by atoms with Gasteiger partial charge in [-0.3, -0.25) is 19.2 Å². The van der Waals surface area contributed by atoms with Gasteiger partial charge in [0.25, 0.3) is 5.91 Å². The van der Waals surface area contributed by atoms with Gasteiger partial charge in [0.15, 0.2) is 0 Å². The Bertz CT molecular complexity index is 2120. The lowest BCUT2D eigenvalue weighted by Gasteiger charge is -2.38. The Morgan fingerprint density at radius 2 is 1.65 bits per heavy atom. The first kappa shape index (κ1) is 35.4. The minimum Gasteiger partial charge on any atom is -0.455 e. The van der Waals surface area contributed by atoms with Crippen LogP contribution < -0.4 is 0 Å². The summed E-state index contributed by atoms with van der Waals surface area (Å²) in [4.78, 5) is 62.9. The highest BCUT2D eigenvalue weighted by Crippen LogP contribution is 2.55. The van der Waals surface area contributed by atoms with Crippen LogP contribution in [0.15, 0.2) is 109 Å². The number of ether oxygens (including phenoxy) is 2. The second kappa shape index (κ2) is 14.3. The molecular weight excluding hydrogens is 688 g/mol. The topological polar surface area (TPSA) is 147 Å². The number of rotatable bonds is 6. The Morgan fingerprint density at radius 1 is 0.926 bits per heavy atom. The monoisotopic (exact) mass is 730 g/mol. The number of likely N-dealkylation sites (tertiary alicyclic amines) is 1. The number of cyclic esters (lactones) is 1. The molecule has 0 saturated carbocycles. The molecule has 13 nitrogen and oxygen atoms in total. The Hall–Kier alpha value is -5.66. The number of esters is 1. The Balaban J connectivity index is 1.24. The number of benzene rings is 3. The SMILES string of the molecule is C[C@@H]1[C@@H](c2ccccc2)OC(=O)[C@@H]2[C@H]3C(=O)N([C@H](CO)c4ccccc4)[C@@H]4C(=O)N(Cn5nnc6ccccc65)CC=C[C@]34O[C@@H]2/C=C\CCC(=O)N1C. The van der Waals surface area contributed by atoms with Crippen molar-refractivity contribution in [1.29, 1.82) is 0 Å². The summed E-state index contributed by atoms with van der Waals surface area (Å²) in [5.41, 5.74) is 1.12. The van der Waals surface area contributed by atoms with Gasteiger partial charge in [-0.05, 0) is 36.6 Å². The second-order valence-corrected chi connectivity index (χ2v) is 14.4. The summed E-state index contributed by atoms with van der Waals surface area (Å²) in [6.45, 7) is 1.55. The van der Waals surface area contributed by atoms with E-state index < -0.39 is 72.2 Å². The first-order valence-electron chi connectivity index (χ1n) is 18.3. The predicted molar refractivity (Wildman–Crippen MR) is 196 cm³/mol. The lowest BCUT2D eigenvalue weighted by Crippen LogP contribution is -2.56. The summed E-state index contributed by atoms with van der Waals surface area (Å²) in [5, 5.41) is 19.5. The zero-order valence-corrected chi connectivity index (χ0v) is 30.0. The maximum atomic E-state index is 15.2. The van der Waals surface area contributed by atoms with Gasteiger partial charge >= 0.3 is 5.97 Å². The smallest absolute Gasteiger partial charge is 0.313 e. The molecule has 0 aliphatic carbocycles. The third kappa shape index (κ3) is 5.87. The molecule has 2 saturated heterocycles. The van der Waals surface area contributed by atoms with Crippen LogP contribution in [0.3, 0.4) is 0 Å². The normalized spacial score (nSPS) is 29.9. The van der Waals surface area contributed by atoms with Crippen molar-refractivity contribution in [2.24, 2.45) is 11.8 Å². The van der Waals surface area contributed by atoms with E-state index in [2.05, 4.69) is 10.3 Å². The van der Waals surface area contributed by atoms with Crippen molar-refractivity contribution in [2.75, 3.05) is 20.2 Å². The average Bonchev–Trinajstić information content (AvgIpc) is 3.79. The Labute approximate surface area is 312 Å². The van der Waals surface area contributed by atoms with Crippen LogP contribution in [-0.4, -0.2) is 102 Å². The molecule has 13 heteroatoms. The van der Waals surface area contributed by atoms with Crippen LogP contribution in [0.5, 0.6) is 0 Å². The molecule has 8 atom stereocenters. The van der Waals surface area contributed by atoms with Gasteiger partial charge in [-0.2, -0.15) is 0 Å².